The van der Waals surface area contributed by atoms with Crippen LogP contribution in [0.4, 0.5) is 0 Å². The van der Waals surface area contributed by atoms with E-state index in [0.29, 0.717) is 0 Å². The number of nitrogens with two attached hydrogens (primary N) is 3. The highest BCUT2D eigenvalue weighted by Crippen LogP contribution is 2.03. The van der Waals surface area contributed by atoms with Crippen molar-refractivity contribution in [2.75, 3.05) is 18.1 Å². The zero-order chi connectivity index (χ0) is 25.6. The fourth-order valence-electron chi connectivity index (χ4n) is 2.40. The predicted molar refractivity (Wildman–Crippen MR) is 126 cm³/mol. The number of hydrogen-bond donors (Lipinski definition) is 10. The van der Waals surface area contributed by atoms with Crippen LogP contribution in [-0.2, 0) is 24.0 Å². The second-order valence-electron chi connectivity index (χ2n) is 6.87. The molecule has 0 aromatic heterocycles. The Morgan fingerprint density at radius 2 is 1.36 bits per heavy atom. The Bertz CT molecular complexity index is 735. The van der Waals surface area contributed by atoms with E-state index in [4.69, 9.17) is 22.3 Å². The normalized spacial score (nSPS) is 14.2. The van der Waals surface area contributed by atoms with Gasteiger partial charge in [-0.25, -0.2) is 4.79 Å². The summed E-state index contributed by atoms with van der Waals surface area (Å²) in [5.41, 5.74) is 15.9. The molecule has 0 aliphatic carbocycles. The fourth-order valence-corrected chi connectivity index (χ4v) is 2.82. The van der Waals surface area contributed by atoms with Crippen molar-refractivity contribution in [3.8, 4) is 0 Å². The number of nitrogens with one attached hydrogen (secondary N) is 3. The van der Waals surface area contributed by atoms with Gasteiger partial charge in [-0.3, -0.25) is 24.2 Å². The molecule has 0 rings (SSSR count). The number of nitrogens with zero attached hydrogens (tertiary/aromatic N) is 1. The molecular formula is C17H31N7O7S2. The minimum Gasteiger partial charge on any atom is -0.481 e. The second-order valence-corrected chi connectivity index (χ2v) is 7.60. The first-order valence-corrected chi connectivity index (χ1v) is 11.1. The Hall–Kier alpha value is -2.72. The molecule has 0 aliphatic heterocycles. The van der Waals surface area contributed by atoms with Crippen LogP contribution in [0.25, 0.3) is 0 Å². The van der Waals surface area contributed by atoms with E-state index in [2.05, 4.69) is 46.2 Å². The van der Waals surface area contributed by atoms with Crippen LogP contribution in [0.3, 0.4) is 0 Å². The van der Waals surface area contributed by atoms with Gasteiger partial charge in [-0.15, -0.1) is 0 Å². The van der Waals surface area contributed by atoms with Gasteiger partial charge in [0.05, 0.1) is 6.04 Å². The van der Waals surface area contributed by atoms with Gasteiger partial charge in [0, 0.05) is 24.5 Å². The zero-order valence-electron chi connectivity index (χ0n) is 17.8. The molecular weight excluding hydrogens is 478 g/mol. The number of guanidine groups is 1. The summed E-state index contributed by atoms with van der Waals surface area (Å²) in [5.74, 6) is -5.28. The SMILES string of the molecule is NC(N)=NCCCC(NC(=O)C(CS)NC(=O)C(CCC(=O)O)NC(=O)C(N)CS)C(=O)O. The number of aliphatic carboxylic acids is 2. The van der Waals surface area contributed by atoms with Gasteiger partial charge in [-0.1, -0.05) is 0 Å². The summed E-state index contributed by atoms with van der Waals surface area (Å²) in [6.45, 7) is 0.161. The van der Waals surface area contributed by atoms with E-state index < -0.39 is 60.2 Å². The molecule has 0 bridgehead atoms. The van der Waals surface area contributed by atoms with Gasteiger partial charge < -0.3 is 43.4 Å². The number of hydrogen-bond acceptors (Lipinski definition) is 9. The van der Waals surface area contributed by atoms with Crippen LogP contribution in [0, 0.1) is 0 Å². The first kappa shape index (κ1) is 30.3. The number of carbonyl (C=O) groups is 5. The lowest BCUT2D eigenvalue weighted by atomic mass is 10.1. The molecule has 0 aromatic rings. The number of amides is 3. The van der Waals surface area contributed by atoms with Crippen molar-refractivity contribution >= 4 is 60.9 Å². The highest BCUT2D eigenvalue weighted by Gasteiger charge is 2.29. The Labute approximate surface area is 201 Å². The number of aliphatic imine (C=N–C) groups is 1. The largest absolute Gasteiger partial charge is 0.481 e. The minimum atomic E-state index is -1.30. The van der Waals surface area contributed by atoms with Gasteiger partial charge in [0.2, 0.25) is 17.7 Å². The summed E-state index contributed by atoms with van der Waals surface area (Å²) in [6.07, 6.45) is -0.426. The molecule has 0 saturated carbocycles. The third-order valence-electron chi connectivity index (χ3n) is 4.19. The molecule has 0 saturated heterocycles. The molecule has 0 radical (unpaired) electrons. The maximum absolute atomic E-state index is 12.6. The summed E-state index contributed by atoms with van der Waals surface area (Å²) in [6, 6.07) is -4.87. The van der Waals surface area contributed by atoms with Crippen LogP contribution in [0.2, 0.25) is 0 Å². The van der Waals surface area contributed by atoms with Crippen LogP contribution >= 0.6 is 25.3 Å². The minimum absolute atomic E-state index is 0.0134. The third-order valence-corrected chi connectivity index (χ3v) is 4.95. The molecule has 0 aliphatic rings. The molecule has 0 aromatic carbocycles. The second kappa shape index (κ2) is 16.0. The Balaban J connectivity index is 5.18. The summed E-state index contributed by atoms with van der Waals surface area (Å²) >= 11 is 7.89. The average molecular weight is 510 g/mol. The average Bonchev–Trinajstić information content (AvgIpc) is 2.75. The van der Waals surface area contributed by atoms with Crippen molar-refractivity contribution in [1.29, 1.82) is 0 Å². The van der Waals surface area contributed by atoms with E-state index in [1.165, 1.54) is 0 Å². The molecule has 11 N–H and O–H groups in total. The van der Waals surface area contributed by atoms with Crippen molar-refractivity contribution in [2.45, 2.75) is 49.9 Å². The van der Waals surface area contributed by atoms with Crippen molar-refractivity contribution in [2.24, 2.45) is 22.2 Å². The van der Waals surface area contributed by atoms with E-state index in [0.717, 1.165) is 0 Å². The van der Waals surface area contributed by atoms with Crippen LogP contribution < -0.4 is 33.2 Å². The lowest BCUT2D eigenvalue weighted by Crippen LogP contribution is -2.57. The van der Waals surface area contributed by atoms with Crippen molar-refractivity contribution in [3.05, 3.63) is 0 Å². The zero-order valence-corrected chi connectivity index (χ0v) is 19.6. The quantitative estimate of drug-likeness (QED) is 0.0427. The monoisotopic (exact) mass is 509 g/mol. The lowest BCUT2D eigenvalue weighted by Gasteiger charge is -2.24. The topological polar surface area (TPSA) is 252 Å². The smallest absolute Gasteiger partial charge is 0.326 e. The van der Waals surface area contributed by atoms with Crippen molar-refractivity contribution in [1.82, 2.24) is 16.0 Å². The standard InChI is InChI=1S/C17H31N7O7S2/c18-8(6-32)13(27)22-9(3-4-12(25)26)14(28)24-11(7-33)15(29)23-10(16(30)31)2-1-5-21-17(19)20/h8-11,32-33H,1-7,18H2,(H,22,27)(H,23,29)(H,24,28)(H,25,26)(H,30,31)(H4,19,20,21). The van der Waals surface area contributed by atoms with Gasteiger partial charge in [0.25, 0.3) is 0 Å². The van der Waals surface area contributed by atoms with E-state index >= 15 is 0 Å². The predicted octanol–water partition coefficient (Wildman–Crippen LogP) is -3.37. The van der Waals surface area contributed by atoms with Crippen molar-refractivity contribution in [3.63, 3.8) is 0 Å². The highest BCUT2D eigenvalue weighted by molar-refractivity contribution is 7.80. The van der Waals surface area contributed by atoms with E-state index in [1.807, 2.05) is 0 Å². The number of rotatable bonds is 16. The summed E-state index contributed by atoms with van der Waals surface area (Å²) in [4.78, 5) is 63.2. The number of carboxylic acids is 2. The van der Waals surface area contributed by atoms with Crippen LogP contribution in [0.5, 0.6) is 0 Å². The molecule has 16 heteroatoms. The number of thiol groups is 2. The Kier molecular flexibility index (Phi) is 14.7. The molecule has 0 fully saturated rings. The first-order valence-electron chi connectivity index (χ1n) is 9.81. The van der Waals surface area contributed by atoms with E-state index in [1.54, 1.807) is 0 Å². The Morgan fingerprint density at radius 3 is 1.85 bits per heavy atom. The highest BCUT2D eigenvalue weighted by atomic mass is 32.1. The molecule has 4 unspecified atom stereocenters. The van der Waals surface area contributed by atoms with E-state index in [9.17, 15) is 29.1 Å². The maximum Gasteiger partial charge on any atom is 0.326 e. The van der Waals surface area contributed by atoms with Gasteiger partial charge in [-0.2, -0.15) is 25.3 Å². The molecule has 4 atom stereocenters. The molecule has 33 heavy (non-hydrogen) atoms. The van der Waals surface area contributed by atoms with E-state index in [-0.39, 0.29) is 43.3 Å². The lowest BCUT2D eigenvalue weighted by molar-refractivity contribution is -0.142. The van der Waals surface area contributed by atoms with Gasteiger partial charge in [-0.05, 0) is 19.3 Å². The molecule has 0 spiro atoms. The molecule has 14 nitrogen and oxygen atoms in total. The maximum atomic E-state index is 12.6. The summed E-state index contributed by atoms with van der Waals surface area (Å²) in [7, 11) is 0. The van der Waals surface area contributed by atoms with Gasteiger partial charge in [0.15, 0.2) is 5.96 Å². The Morgan fingerprint density at radius 1 is 0.818 bits per heavy atom. The number of carboxylic acid groups (broad SMARTS) is 2. The van der Waals surface area contributed by atoms with Gasteiger partial charge in [0.1, 0.15) is 18.1 Å². The van der Waals surface area contributed by atoms with Gasteiger partial charge >= 0.3 is 11.9 Å². The number of carbonyl (C=O) groups excluding carboxylic acids is 3. The fraction of sp³-hybridized carbons (Fsp3) is 0.647. The van der Waals surface area contributed by atoms with Crippen LogP contribution in [0.1, 0.15) is 25.7 Å². The van der Waals surface area contributed by atoms with Crippen LogP contribution in [-0.4, -0.2) is 88.1 Å². The molecule has 3 amide bonds. The molecule has 0 heterocycles. The van der Waals surface area contributed by atoms with Crippen LogP contribution in [0.15, 0.2) is 4.99 Å². The molecule has 188 valence electrons. The summed E-state index contributed by atoms with van der Waals surface area (Å²) < 4.78 is 0. The summed E-state index contributed by atoms with van der Waals surface area (Å²) in [5, 5.41) is 25.2. The first-order chi connectivity index (χ1) is 15.4. The third kappa shape index (κ3) is 12.8. The van der Waals surface area contributed by atoms with Crippen molar-refractivity contribution < 1.29 is 34.2 Å².